The standard InChI is InChI=1S/C26H35N5S/c1-6-26(4,5)19-11-14-22-21(15-19)23-24(27-17-28-25(23)32-22)30-29-16-18-9-12-20(13-10-18)31(7-2)8-3/h9-10,12-13,16-17,19H,6-8,11,14-15H2,1-5H3,(H,27,28,30)/b29-16+. The highest BCUT2D eigenvalue weighted by Gasteiger charge is 2.33. The highest BCUT2D eigenvalue weighted by molar-refractivity contribution is 7.19. The molecular weight excluding hydrogens is 414 g/mol. The van der Waals surface area contributed by atoms with Gasteiger partial charge < -0.3 is 4.90 Å². The van der Waals surface area contributed by atoms with Crippen LogP contribution in [0.25, 0.3) is 10.2 Å². The van der Waals surface area contributed by atoms with Gasteiger partial charge in [0, 0.05) is 23.7 Å². The maximum absolute atomic E-state index is 4.57. The molecule has 1 N–H and O–H groups in total. The fourth-order valence-electron chi connectivity index (χ4n) is 4.68. The molecule has 4 rings (SSSR count). The van der Waals surface area contributed by atoms with Gasteiger partial charge in [0.05, 0.1) is 11.6 Å². The lowest BCUT2D eigenvalue weighted by Gasteiger charge is -2.36. The van der Waals surface area contributed by atoms with Crippen molar-refractivity contribution in [3.8, 4) is 0 Å². The second kappa shape index (κ2) is 9.57. The highest BCUT2D eigenvalue weighted by Crippen LogP contribution is 2.45. The Bertz CT molecular complexity index is 1080. The molecule has 0 amide bonds. The first-order valence-electron chi connectivity index (χ1n) is 11.9. The fraction of sp³-hybridized carbons (Fsp3) is 0.500. The molecule has 1 aliphatic rings. The first-order chi connectivity index (χ1) is 15.5. The molecule has 5 nitrogen and oxygen atoms in total. The topological polar surface area (TPSA) is 53.4 Å². The van der Waals surface area contributed by atoms with Gasteiger partial charge in [0.2, 0.25) is 0 Å². The van der Waals surface area contributed by atoms with E-state index in [2.05, 4.69) is 84.3 Å². The van der Waals surface area contributed by atoms with Gasteiger partial charge in [0.25, 0.3) is 0 Å². The van der Waals surface area contributed by atoms with Crippen LogP contribution in [0.3, 0.4) is 0 Å². The smallest absolute Gasteiger partial charge is 0.158 e. The summed E-state index contributed by atoms with van der Waals surface area (Å²) in [6.07, 6.45) is 8.23. The van der Waals surface area contributed by atoms with Crippen molar-refractivity contribution in [2.45, 2.75) is 60.3 Å². The van der Waals surface area contributed by atoms with E-state index >= 15 is 0 Å². The summed E-state index contributed by atoms with van der Waals surface area (Å²) >= 11 is 1.82. The van der Waals surface area contributed by atoms with E-state index in [0.717, 1.165) is 47.5 Å². The molecular formula is C26H35N5S. The maximum Gasteiger partial charge on any atom is 0.158 e. The Kier molecular flexibility index (Phi) is 6.79. The molecule has 6 heteroatoms. The average molecular weight is 450 g/mol. The molecule has 0 saturated carbocycles. The minimum atomic E-state index is 0.352. The third-order valence-corrected chi connectivity index (χ3v) is 8.46. The largest absolute Gasteiger partial charge is 0.372 e. The summed E-state index contributed by atoms with van der Waals surface area (Å²) in [5.41, 5.74) is 7.31. The fourth-order valence-corrected chi connectivity index (χ4v) is 5.86. The number of hydrogen-bond donors (Lipinski definition) is 1. The number of aromatic nitrogens is 2. The quantitative estimate of drug-likeness (QED) is 0.314. The molecule has 2 aromatic heterocycles. The minimum absolute atomic E-state index is 0.352. The lowest BCUT2D eigenvalue weighted by Crippen LogP contribution is -2.28. The van der Waals surface area contributed by atoms with Crippen LogP contribution in [0.15, 0.2) is 35.7 Å². The third-order valence-electron chi connectivity index (χ3n) is 7.26. The molecule has 0 bridgehead atoms. The summed E-state index contributed by atoms with van der Waals surface area (Å²) in [5.74, 6) is 1.51. The summed E-state index contributed by atoms with van der Waals surface area (Å²) in [5, 5.41) is 5.68. The second-order valence-corrected chi connectivity index (χ2v) is 10.4. The van der Waals surface area contributed by atoms with Gasteiger partial charge >= 0.3 is 0 Å². The first-order valence-corrected chi connectivity index (χ1v) is 12.7. The molecule has 0 aliphatic heterocycles. The summed E-state index contributed by atoms with van der Waals surface area (Å²) in [6.45, 7) is 13.5. The van der Waals surface area contributed by atoms with Gasteiger partial charge in [0.15, 0.2) is 5.82 Å². The predicted molar refractivity (Wildman–Crippen MR) is 138 cm³/mol. The van der Waals surface area contributed by atoms with E-state index in [4.69, 9.17) is 0 Å². The van der Waals surface area contributed by atoms with Crippen molar-refractivity contribution in [2.75, 3.05) is 23.4 Å². The first kappa shape index (κ1) is 22.7. The molecule has 32 heavy (non-hydrogen) atoms. The Morgan fingerprint density at radius 3 is 2.59 bits per heavy atom. The normalized spacial score (nSPS) is 16.5. The number of nitrogens with zero attached hydrogens (tertiary/aromatic N) is 4. The van der Waals surface area contributed by atoms with Gasteiger partial charge in [0.1, 0.15) is 11.2 Å². The van der Waals surface area contributed by atoms with E-state index in [-0.39, 0.29) is 0 Å². The zero-order valence-corrected chi connectivity index (χ0v) is 20.8. The van der Waals surface area contributed by atoms with E-state index in [1.54, 1.807) is 6.33 Å². The summed E-state index contributed by atoms with van der Waals surface area (Å²) in [6, 6.07) is 8.53. The Balaban J connectivity index is 1.55. The van der Waals surface area contributed by atoms with Crippen LogP contribution in [-0.2, 0) is 12.8 Å². The molecule has 2 heterocycles. The van der Waals surface area contributed by atoms with Crippen molar-refractivity contribution >= 4 is 39.3 Å². The SMILES string of the molecule is CCN(CC)c1ccc(/C=N/Nc2ncnc3sc4c(c23)CC(C(C)(C)CC)CC4)cc1. The van der Waals surface area contributed by atoms with Crippen LogP contribution < -0.4 is 10.3 Å². The zero-order valence-electron chi connectivity index (χ0n) is 20.0. The van der Waals surface area contributed by atoms with Crippen LogP contribution in [-0.4, -0.2) is 29.3 Å². The summed E-state index contributed by atoms with van der Waals surface area (Å²) in [4.78, 5) is 14.0. The molecule has 0 fully saturated rings. The average Bonchev–Trinajstić information content (AvgIpc) is 3.19. The number of rotatable bonds is 8. The summed E-state index contributed by atoms with van der Waals surface area (Å²) < 4.78 is 0. The van der Waals surface area contributed by atoms with Crippen LogP contribution in [0.2, 0.25) is 0 Å². The van der Waals surface area contributed by atoms with Gasteiger partial charge in [-0.25, -0.2) is 9.97 Å². The van der Waals surface area contributed by atoms with Crippen LogP contribution in [0.4, 0.5) is 11.5 Å². The number of benzene rings is 1. The molecule has 0 saturated heterocycles. The number of hydrazone groups is 1. The highest BCUT2D eigenvalue weighted by atomic mass is 32.1. The molecule has 170 valence electrons. The Labute approximate surface area is 196 Å². The molecule has 1 aliphatic carbocycles. The van der Waals surface area contributed by atoms with Gasteiger partial charge in [-0.15, -0.1) is 11.3 Å². The predicted octanol–water partition coefficient (Wildman–Crippen LogP) is 6.52. The van der Waals surface area contributed by atoms with Crippen LogP contribution in [0.1, 0.15) is 63.5 Å². The van der Waals surface area contributed by atoms with E-state index in [9.17, 15) is 0 Å². The Hall–Kier alpha value is -2.47. The number of nitrogens with one attached hydrogen (secondary N) is 1. The van der Waals surface area contributed by atoms with Gasteiger partial charge in [-0.1, -0.05) is 39.3 Å². The monoisotopic (exact) mass is 449 g/mol. The van der Waals surface area contributed by atoms with Crippen LogP contribution >= 0.6 is 11.3 Å². The second-order valence-electron chi connectivity index (χ2n) is 9.32. The molecule has 0 spiro atoms. The molecule has 0 radical (unpaired) electrons. The Morgan fingerprint density at radius 2 is 1.91 bits per heavy atom. The van der Waals surface area contributed by atoms with Crippen molar-refractivity contribution < 1.29 is 0 Å². The van der Waals surface area contributed by atoms with Crippen molar-refractivity contribution in [3.63, 3.8) is 0 Å². The van der Waals surface area contributed by atoms with Crippen molar-refractivity contribution in [3.05, 3.63) is 46.6 Å². The summed E-state index contributed by atoms with van der Waals surface area (Å²) in [7, 11) is 0. The molecule has 1 atom stereocenters. The number of hydrogen-bond acceptors (Lipinski definition) is 6. The van der Waals surface area contributed by atoms with E-state index < -0.39 is 0 Å². The number of fused-ring (bicyclic) bond motifs is 3. The maximum atomic E-state index is 4.57. The van der Waals surface area contributed by atoms with Gasteiger partial charge in [-0.2, -0.15) is 5.10 Å². The number of thiophene rings is 1. The lowest BCUT2D eigenvalue weighted by atomic mass is 9.69. The molecule has 3 aromatic rings. The minimum Gasteiger partial charge on any atom is -0.372 e. The zero-order chi connectivity index (χ0) is 22.7. The Morgan fingerprint density at radius 1 is 1.16 bits per heavy atom. The molecule has 1 aromatic carbocycles. The molecule has 1 unspecified atom stereocenters. The van der Waals surface area contributed by atoms with E-state index in [0.29, 0.717) is 11.3 Å². The van der Waals surface area contributed by atoms with E-state index in [1.165, 1.54) is 29.0 Å². The van der Waals surface area contributed by atoms with Crippen molar-refractivity contribution in [1.29, 1.82) is 0 Å². The number of anilines is 2. The lowest BCUT2D eigenvalue weighted by molar-refractivity contribution is 0.184. The third kappa shape index (κ3) is 4.51. The van der Waals surface area contributed by atoms with Crippen molar-refractivity contribution in [1.82, 2.24) is 9.97 Å². The number of aryl methyl sites for hydroxylation is 1. The van der Waals surface area contributed by atoms with Crippen LogP contribution in [0, 0.1) is 11.3 Å². The van der Waals surface area contributed by atoms with Gasteiger partial charge in [-0.3, -0.25) is 5.43 Å². The van der Waals surface area contributed by atoms with E-state index in [1.807, 2.05) is 17.6 Å². The van der Waals surface area contributed by atoms with Crippen LogP contribution in [0.5, 0.6) is 0 Å². The van der Waals surface area contributed by atoms with Gasteiger partial charge in [-0.05, 0) is 67.7 Å². The van der Waals surface area contributed by atoms with Crippen molar-refractivity contribution in [2.24, 2.45) is 16.4 Å².